The van der Waals surface area contributed by atoms with Gasteiger partial charge in [-0.05, 0) is 70.3 Å². The summed E-state index contributed by atoms with van der Waals surface area (Å²) in [5, 5.41) is 4.92. The van der Waals surface area contributed by atoms with Crippen LogP contribution in [-0.4, -0.2) is 31.6 Å². The van der Waals surface area contributed by atoms with Gasteiger partial charge in [0.05, 0.1) is 22.1 Å². The number of ether oxygens (including phenoxy) is 1. The summed E-state index contributed by atoms with van der Waals surface area (Å²) in [6.07, 6.45) is 4.97. The van der Waals surface area contributed by atoms with Gasteiger partial charge in [0.2, 0.25) is 5.28 Å². The van der Waals surface area contributed by atoms with Gasteiger partial charge < -0.3 is 10.1 Å². The second-order valence-corrected chi connectivity index (χ2v) is 9.48. The number of hydrogen-bond acceptors (Lipinski definition) is 7. The van der Waals surface area contributed by atoms with E-state index >= 15 is 0 Å². The van der Waals surface area contributed by atoms with E-state index in [2.05, 4.69) is 47.8 Å². The van der Waals surface area contributed by atoms with E-state index in [1.54, 1.807) is 23.2 Å². The third kappa shape index (κ3) is 4.63. The summed E-state index contributed by atoms with van der Waals surface area (Å²) in [5.74, 6) is 0.597. The molecule has 8 nitrogen and oxygen atoms in total. The average molecular weight is 611 g/mol. The molecule has 0 aliphatic heterocycles. The molecule has 0 saturated carbocycles. The Morgan fingerprint density at radius 1 is 1.03 bits per heavy atom. The fourth-order valence-corrected chi connectivity index (χ4v) is 4.62. The molecule has 3 aromatic heterocycles. The summed E-state index contributed by atoms with van der Waals surface area (Å²) in [6.45, 7) is 1.98. The van der Waals surface area contributed by atoms with E-state index < -0.39 is 0 Å². The number of anilines is 1. The van der Waals surface area contributed by atoms with Crippen molar-refractivity contribution in [3.63, 3.8) is 0 Å². The molecule has 0 unspecified atom stereocenters. The number of nitrogens with zero attached hydrogens (tertiary/aromatic N) is 5. The van der Waals surface area contributed by atoms with Gasteiger partial charge in [0.25, 0.3) is 5.56 Å². The predicted molar refractivity (Wildman–Crippen MR) is 149 cm³/mol. The highest BCUT2D eigenvalue weighted by atomic mass is 127. The van der Waals surface area contributed by atoms with Crippen LogP contribution in [0.5, 0.6) is 6.01 Å². The largest absolute Gasteiger partial charge is 0.467 e. The molecular weight excluding hydrogens is 591 g/mol. The van der Waals surface area contributed by atoms with E-state index in [1.807, 2.05) is 61.5 Å². The molecule has 1 atom stereocenters. The van der Waals surface area contributed by atoms with Crippen molar-refractivity contribution in [1.82, 2.24) is 24.5 Å². The van der Waals surface area contributed by atoms with Crippen molar-refractivity contribution < 1.29 is 4.74 Å². The molecule has 5 aromatic rings. The Morgan fingerprint density at radius 3 is 2.50 bits per heavy atom. The zero-order valence-corrected chi connectivity index (χ0v) is 22.2. The van der Waals surface area contributed by atoms with Gasteiger partial charge in [-0.15, -0.1) is 0 Å². The van der Waals surface area contributed by atoms with Crippen molar-refractivity contribution in [3.05, 3.63) is 98.1 Å². The number of rotatable bonds is 6. The lowest BCUT2D eigenvalue weighted by Crippen LogP contribution is -2.26. The van der Waals surface area contributed by atoms with Crippen LogP contribution in [0.3, 0.4) is 0 Å². The lowest BCUT2D eigenvalue weighted by Gasteiger charge is -2.22. The zero-order chi connectivity index (χ0) is 25.2. The van der Waals surface area contributed by atoms with E-state index in [1.165, 1.54) is 7.11 Å². The molecule has 0 amide bonds. The number of halogens is 2. The topological polar surface area (TPSA) is 94.8 Å². The first-order chi connectivity index (χ1) is 17.5. The van der Waals surface area contributed by atoms with Crippen LogP contribution in [0, 0.1) is 3.57 Å². The second kappa shape index (κ2) is 10.2. The molecule has 0 fully saturated rings. The van der Waals surface area contributed by atoms with Crippen LogP contribution >= 0.6 is 34.2 Å². The molecule has 0 aliphatic carbocycles. The fraction of sp³-hybridized carbons (Fsp3) is 0.115. The third-order valence-corrected chi connectivity index (χ3v) is 6.69. The van der Waals surface area contributed by atoms with E-state index in [9.17, 15) is 4.79 Å². The molecule has 0 aliphatic rings. The van der Waals surface area contributed by atoms with Gasteiger partial charge in [-0.2, -0.15) is 4.98 Å². The summed E-state index contributed by atoms with van der Waals surface area (Å²) in [7, 11) is 1.51. The number of nitrogens with one attached hydrogen (secondary N) is 1. The van der Waals surface area contributed by atoms with Gasteiger partial charge in [-0.25, -0.2) is 15.0 Å². The summed E-state index contributed by atoms with van der Waals surface area (Å²) in [4.78, 5) is 31.0. The number of fused-ring (bicyclic) bond motifs is 1. The van der Waals surface area contributed by atoms with E-state index in [0.29, 0.717) is 11.2 Å². The van der Waals surface area contributed by atoms with Crippen molar-refractivity contribution >= 4 is 50.8 Å². The minimum Gasteiger partial charge on any atom is -0.467 e. The van der Waals surface area contributed by atoms with Crippen molar-refractivity contribution in [1.29, 1.82) is 0 Å². The summed E-state index contributed by atoms with van der Waals surface area (Å²) in [6, 6.07) is 17.3. The van der Waals surface area contributed by atoms with E-state index in [0.717, 1.165) is 31.5 Å². The predicted octanol–water partition coefficient (Wildman–Crippen LogP) is 5.68. The molecule has 0 saturated heterocycles. The molecule has 180 valence electrons. The van der Waals surface area contributed by atoms with Gasteiger partial charge >= 0.3 is 6.01 Å². The average Bonchev–Trinajstić information content (AvgIpc) is 2.90. The summed E-state index contributed by atoms with van der Waals surface area (Å²) < 4.78 is 7.63. The lowest BCUT2D eigenvalue weighted by atomic mass is 9.99. The molecule has 3 heterocycles. The van der Waals surface area contributed by atoms with Crippen molar-refractivity contribution in [3.8, 4) is 22.8 Å². The van der Waals surface area contributed by atoms with Crippen LogP contribution in [0.4, 0.5) is 5.82 Å². The van der Waals surface area contributed by atoms with Crippen molar-refractivity contribution in [2.24, 2.45) is 0 Å². The van der Waals surface area contributed by atoms with Crippen LogP contribution < -0.4 is 15.6 Å². The maximum Gasteiger partial charge on any atom is 0.316 e. The second-order valence-electron chi connectivity index (χ2n) is 7.98. The highest BCUT2D eigenvalue weighted by Crippen LogP contribution is 2.30. The monoisotopic (exact) mass is 610 g/mol. The first-order valence-corrected chi connectivity index (χ1v) is 12.5. The van der Waals surface area contributed by atoms with Gasteiger partial charge in [0, 0.05) is 35.5 Å². The molecule has 10 heteroatoms. The van der Waals surface area contributed by atoms with Gasteiger partial charge in [-0.1, -0.05) is 36.4 Å². The molecule has 0 bridgehead atoms. The third-order valence-electron chi connectivity index (χ3n) is 5.72. The number of pyridine rings is 1. The number of methoxy groups -OCH3 is 1. The minimum absolute atomic E-state index is 0.149. The van der Waals surface area contributed by atoms with Gasteiger partial charge in [-0.3, -0.25) is 9.36 Å². The van der Waals surface area contributed by atoms with Crippen LogP contribution in [0.25, 0.3) is 27.6 Å². The smallest absolute Gasteiger partial charge is 0.316 e. The van der Waals surface area contributed by atoms with E-state index in [-0.39, 0.29) is 22.9 Å². The highest BCUT2D eigenvalue weighted by Gasteiger charge is 2.20. The van der Waals surface area contributed by atoms with E-state index in [4.69, 9.17) is 16.3 Å². The number of benzene rings is 2. The SMILES string of the molecule is COc1ncc(-c2cccc3cc([C@H](C)Nc4nc(Cl)ncc4I)n(-c4ccccc4)c(=O)c23)cn1. The van der Waals surface area contributed by atoms with Crippen LogP contribution in [0.1, 0.15) is 18.7 Å². The van der Waals surface area contributed by atoms with Gasteiger partial charge in [0.15, 0.2) is 0 Å². The maximum absolute atomic E-state index is 14.2. The first kappa shape index (κ1) is 24.1. The van der Waals surface area contributed by atoms with Crippen LogP contribution in [-0.2, 0) is 0 Å². The lowest BCUT2D eigenvalue weighted by molar-refractivity contribution is 0.380. The maximum atomic E-state index is 14.2. The Balaban J connectivity index is 1.73. The molecule has 1 N–H and O–H groups in total. The molecular formula is C26H20ClIN6O2. The van der Waals surface area contributed by atoms with Crippen LogP contribution in [0.15, 0.2) is 78.0 Å². The number of aromatic nitrogens is 5. The van der Waals surface area contributed by atoms with Crippen LogP contribution in [0.2, 0.25) is 5.28 Å². The van der Waals surface area contributed by atoms with Gasteiger partial charge in [0.1, 0.15) is 5.82 Å². The Hall–Kier alpha value is -3.57. The summed E-state index contributed by atoms with van der Waals surface area (Å²) >= 11 is 8.18. The molecule has 0 spiro atoms. The Labute approximate surface area is 225 Å². The quantitative estimate of drug-likeness (QED) is 0.195. The Bertz CT molecular complexity index is 1610. The fourth-order valence-electron chi connectivity index (χ4n) is 4.07. The molecule has 0 radical (unpaired) electrons. The zero-order valence-electron chi connectivity index (χ0n) is 19.3. The molecule has 36 heavy (non-hydrogen) atoms. The summed E-state index contributed by atoms with van der Waals surface area (Å²) in [5.41, 5.74) is 2.84. The minimum atomic E-state index is -0.283. The molecule has 2 aromatic carbocycles. The number of para-hydroxylation sites is 1. The van der Waals surface area contributed by atoms with Crippen molar-refractivity contribution in [2.75, 3.05) is 12.4 Å². The van der Waals surface area contributed by atoms with Crippen molar-refractivity contribution in [2.45, 2.75) is 13.0 Å². The highest BCUT2D eigenvalue weighted by molar-refractivity contribution is 14.1. The number of hydrogen-bond donors (Lipinski definition) is 1. The molecule has 5 rings (SSSR count). The Kier molecular flexibility index (Phi) is 6.84. The standard InChI is InChI=1S/C26H20ClIN6O2/c1-15(32-23-20(28)14-29-25(27)33-23)21-11-16-7-6-10-19(17-12-30-26(36-2)31-13-17)22(16)24(35)34(21)18-8-4-3-5-9-18/h3-15H,1-2H3,(H,29,32,33)/t15-/m0/s1. The normalized spacial score (nSPS) is 11.9. The Morgan fingerprint density at radius 2 is 1.78 bits per heavy atom. The first-order valence-electron chi connectivity index (χ1n) is 11.0.